The molecule has 104 valence electrons. The lowest BCUT2D eigenvalue weighted by atomic mass is 9.78. The van der Waals surface area contributed by atoms with Gasteiger partial charge in [-0.25, -0.2) is 4.39 Å². The Morgan fingerprint density at radius 3 is 2.84 bits per heavy atom. The molecule has 0 spiro atoms. The van der Waals surface area contributed by atoms with Crippen molar-refractivity contribution in [3.63, 3.8) is 0 Å². The number of nitrogens with two attached hydrogens (primary N) is 1. The summed E-state index contributed by atoms with van der Waals surface area (Å²) >= 11 is 0. The molecule has 2 atom stereocenters. The lowest BCUT2D eigenvalue weighted by Gasteiger charge is -2.29. The minimum absolute atomic E-state index is 0.0101. The van der Waals surface area contributed by atoms with E-state index in [1.165, 1.54) is 6.07 Å². The van der Waals surface area contributed by atoms with Gasteiger partial charge >= 0.3 is 0 Å². The molecule has 1 fully saturated rings. The molecule has 1 aliphatic carbocycles. The molecule has 1 amide bonds. The number of aryl methyl sites for hydroxylation is 1. The number of halogens is 1. The van der Waals surface area contributed by atoms with Crippen LogP contribution in [0.25, 0.3) is 0 Å². The van der Waals surface area contributed by atoms with Gasteiger partial charge in [-0.3, -0.25) is 4.79 Å². The SMILES string of the molecule is Cc1cc(NC(=O)C2CCCCC2CN)ccc1F. The highest BCUT2D eigenvalue weighted by Crippen LogP contribution is 2.30. The van der Waals surface area contributed by atoms with Crippen LogP contribution in [0.3, 0.4) is 0 Å². The summed E-state index contributed by atoms with van der Waals surface area (Å²) in [7, 11) is 0. The zero-order chi connectivity index (χ0) is 13.8. The molecule has 0 heterocycles. The normalized spacial score (nSPS) is 23.1. The van der Waals surface area contributed by atoms with Gasteiger partial charge in [0.25, 0.3) is 0 Å². The molecule has 1 aliphatic rings. The average molecular weight is 264 g/mol. The minimum Gasteiger partial charge on any atom is -0.330 e. The number of benzene rings is 1. The zero-order valence-corrected chi connectivity index (χ0v) is 11.3. The monoisotopic (exact) mass is 264 g/mol. The highest BCUT2D eigenvalue weighted by atomic mass is 19.1. The first-order valence-corrected chi connectivity index (χ1v) is 6.89. The van der Waals surface area contributed by atoms with E-state index in [9.17, 15) is 9.18 Å². The Morgan fingerprint density at radius 2 is 2.16 bits per heavy atom. The summed E-state index contributed by atoms with van der Waals surface area (Å²) in [6.07, 6.45) is 4.16. The van der Waals surface area contributed by atoms with Gasteiger partial charge in [0.1, 0.15) is 5.82 Å². The summed E-state index contributed by atoms with van der Waals surface area (Å²) in [6, 6.07) is 4.64. The summed E-state index contributed by atoms with van der Waals surface area (Å²) in [5.74, 6) is 0.0241. The van der Waals surface area contributed by atoms with Gasteiger partial charge in [-0.1, -0.05) is 12.8 Å². The average Bonchev–Trinajstić information content (AvgIpc) is 2.43. The largest absolute Gasteiger partial charge is 0.330 e. The van der Waals surface area contributed by atoms with Crippen LogP contribution in [-0.2, 0) is 4.79 Å². The summed E-state index contributed by atoms with van der Waals surface area (Å²) < 4.78 is 13.2. The first-order valence-electron chi connectivity index (χ1n) is 6.89. The van der Waals surface area contributed by atoms with Gasteiger partial charge in [0.05, 0.1) is 0 Å². The first kappa shape index (κ1) is 14.0. The first-order chi connectivity index (χ1) is 9.11. The number of nitrogens with one attached hydrogen (secondary N) is 1. The van der Waals surface area contributed by atoms with Crippen LogP contribution in [0.15, 0.2) is 18.2 Å². The number of carbonyl (C=O) groups excluding carboxylic acids is 1. The maximum absolute atomic E-state index is 13.2. The molecule has 1 aromatic carbocycles. The molecule has 3 N–H and O–H groups in total. The number of anilines is 1. The maximum atomic E-state index is 13.2. The fraction of sp³-hybridized carbons (Fsp3) is 0.533. The van der Waals surface area contributed by atoms with Crippen molar-refractivity contribution in [3.05, 3.63) is 29.6 Å². The van der Waals surface area contributed by atoms with E-state index in [2.05, 4.69) is 5.32 Å². The van der Waals surface area contributed by atoms with E-state index in [0.717, 1.165) is 25.7 Å². The van der Waals surface area contributed by atoms with Gasteiger partial charge in [-0.2, -0.15) is 0 Å². The number of hydrogen-bond donors (Lipinski definition) is 2. The second-order valence-corrected chi connectivity index (χ2v) is 5.34. The topological polar surface area (TPSA) is 55.1 Å². The molecule has 1 saturated carbocycles. The smallest absolute Gasteiger partial charge is 0.227 e. The fourth-order valence-corrected chi connectivity index (χ4v) is 2.79. The Balaban J connectivity index is 2.05. The number of carbonyl (C=O) groups is 1. The maximum Gasteiger partial charge on any atom is 0.227 e. The highest BCUT2D eigenvalue weighted by molar-refractivity contribution is 5.92. The second-order valence-electron chi connectivity index (χ2n) is 5.34. The van der Waals surface area contributed by atoms with Crippen LogP contribution in [-0.4, -0.2) is 12.5 Å². The van der Waals surface area contributed by atoms with Gasteiger partial charge in [-0.15, -0.1) is 0 Å². The van der Waals surface area contributed by atoms with Crippen molar-refractivity contribution >= 4 is 11.6 Å². The van der Waals surface area contributed by atoms with Crippen LogP contribution in [0.2, 0.25) is 0 Å². The Kier molecular flexibility index (Phi) is 4.53. The van der Waals surface area contributed by atoms with E-state index in [1.807, 2.05) is 0 Å². The molecule has 2 rings (SSSR count). The van der Waals surface area contributed by atoms with E-state index in [-0.39, 0.29) is 23.6 Å². The van der Waals surface area contributed by atoms with Crippen molar-refractivity contribution in [2.24, 2.45) is 17.6 Å². The molecule has 0 aliphatic heterocycles. The van der Waals surface area contributed by atoms with Gasteiger partial charge < -0.3 is 11.1 Å². The number of amides is 1. The zero-order valence-electron chi connectivity index (χ0n) is 11.3. The Bertz CT molecular complexity index is 461. The Hall–Kier alpha value is -1.42. The van der Waals surface area contributed by atoms with E-state index in [0.29, 0.717) is 17.8 Å². The summed E-state index contributed by atoms with van der Waals surface area (Å²) in [4.78, 5) is 12.3. The molecule has 0 saturated heterocycles. The molecular formula is C15H21FN2O. The summed E-state index contributed by atoms with van der Waals surface area (Å²) in [5, 5.41) is 2.88. The summed E-state index contributed by atoms with van der Waals surface area (Å²) in [5.41, 5.74) is 6.94. The second kappa shape index (κ2) is 6.15. The highest BCUT2D eigenvalue weighted by Gasteiger charge is 2.29. The van der Waals surface area contributed by atoms with Crippen molar-refractivity contribution in [2.75, 3.05) is 11.9 Å². The van der Waals surface area contributed by atoms with Gasteiger partial charge in [0.2, 0.25) is 5.91 Å². The fourth-order valence-electron chi connectivity index (χ4n) is 2.79. The summed E-state index contributed by atoms with van der Waals surface area (Å²) in [6.45, 7) is 2.24. The van der Waals surface area contributed by atoms with Gasteiger partial charge in [0.15, 0.2) is 0 Å². The predicted molar refractivity (Wildman–Crippen MR) is 74.3 cm³/mol. The third kappa shape index (κ3) is 3.32. The van der Waals surface area contributed by atoms with E-state index >= 15 is 0 Å². The molecule has 3 nitrogen and oxygen atoms in total. The molecule has 4 heteroatoms. The van der Waals surface area contributed by atoms with Crippen LogP contribution in [0, 0.1) is 24.6 Å². The van der Waals surface area contributed by atoms with Crippen LogP contribution < -0.4 is 11.1 Å². The van der Waals surface area contributed by atoms with Crippen molar-refractivity contribution in [2.45, 2.75) is 32.6 Å². The Morgan fingerprint density at radius 1 is 1.42 bits per heavy atom. The van der Waals surface area contributed by atoms with E-state index in [4.69, 9.17) is 5.73 Å². The van der Waals surface area contributed by atoms with Crippen LogP contribution in [0.4, 0.5) is 10.1 Å². The third-order valence-corrected chi connectivity index (χ3v) is 3.97. The number of rotatable bonds is 3. The quantitative estimate of drug-likeness (QED) is 0.882. The molecule has 0 bridgehead atoms. The lowest BCUT2D eigenvalue weighted by molar-refractivity contribution is -0.122. The van der Waals surface area contributed by atoms with E-state index in [1.54, 1.807) is 19.1 Å². The van der Waals surface area contributed by atoms with Crippen molar-refractivity contribution in [1.29, 1.82) is 0 Å². The lowest BCUT2D eigenvalue weighted by Crippen LogP contribution is -2.35. The van der Waals surface area contributed by atoms with Crippen LogP contribution in [0.1, 0.15) is 31.2 Å². The van der Waals surface area contributed by atoms with Crippen molar-refractivity contribution in [1.82, 2.24) is 0 Å². The van der Waals surface area contributed by atoms with Crippen molar-refractivity contribution in [3.8, 4) is 0 Å². The molecule has 19 heavy (non-hydrogen) atoms. The third-order valence-electron chi connectivity index (χ3n) is 3.97. The minimum atomic E-state index is -0.254. The van der Waals surface area contributed by atoms with Crippen LogP contribution >= 0.6 is 0 Å². The Labute approximate surface area is 113 Å². The number of hydrogen-bond acceptors (Lipinski definition) is 2. The molecule has 1 aromatic rings. The standard InChI is InChI=1S/C15H21FN2O/c1-10-8-12(6-7-14(10)16)18-15(19)13-5-3-2-4-11(13)9-17/h6-8,11,13H,2-5,9,17H2,1H3,(H,18,19). The molecule has 0 aromatic heterocycles. The van der Waals surface area contributed by atoms with Crippen molar-refractivity contribution < 1.29 is 9.18 Å². The molecule has 2 unspecified atom stereocenters. The predicted octanol–water partition coefficient (Wildman–Crippen LogP) is 2.84. The van der Waals surface area contributed by atoms with E-state index < -0.39 is 0 Å². The van der Waals surface area contributed by atoms with Crippen LogP contribution in [0.5, 0.6) is 0 Å². The van der Waals surface area contributed by atoms with Gasteiger partial charge in [-0.05, 0) is 56.0 Å². The van der Waals surface area contributed by atoms with Gasteiger partial charge in [0, 0.05) is 11.6 Å². The molecule has 0 radical (unpaired) electrons. The molecular weight excluding hydrogens is 243 g/mol.